The highest BCUT2D eigenvalue weighted by Crippen LogP contribution is 2.30. The minimum absolute atomic E-state index is 0.0937. The maximum absolute atomic E-state index is 11.0. The molecule has 0 spiro atoms. The molecule has 0 aromatic heterocycles. The smallest absolute Gasteiger partial charge is 0.302 e. The monoisotopic (exact) mass is 213 g/mol. The van der Waals surface area contributed by atoms with Crippen LogP contribution in [0.5, 0.6) is 0 Å². The first-order valence-electron chi connectivity index (χ1n) is 5.88. The van der Waals surface area contributed by atoms with Gasteiger partial charge in [-0.15, -0.1) is 0 Å². The molecule has 0 bridgehead atoms. The average molecular weight is 213 g/mol. The predicted octanol–water partition coefficient (Wildman–Crippen LogP) is 2.06. The highest BCUT2D eigenvalue weighted by Gasteiger charge is 2.33. The van der Waals surface area contributed by atoms with Crippen LogP contribution >= 0.6 is 0 Å². The van der Waals surface area contributed by atoms with E-state index in [1.165, 1.54) is 19.8 Å². The minimum atomic E-state index is -0.149. The van der Waals surface area contributed by atoms with E-state index in [-0.39, 0.29) is 12.1 Å². The summed E-state index contributed by atoms with van der Waals surface area (Å²) < 4.78 is 5.42. The summed E-state index contributed by atoms with van der Waals surface area (Å²) in [5.74, 6) is 0.578. The fourth-order valence-electron chi connectivity index (χ4n) is 2.50. The molecule has 3 heteroatoms. The van der Waals surface area contributed by atoms with E-state index in [1.807, 2.05) is 0 Å². The molecule has 0 aliphatic heterocycles. The van der Waals surface area contributed by atoms with Crippen molar-refractivity contribution in [3.05, 3.63) is 0 Å². The van der Waals surface area contributed by atoms with Crippen LogP contribution in [0.2, 0.25) is 0 Å². The van der Waals surface area contributed by atoms with Gasteiger partial charge in [-0.25, -0.2) is 0 Å². The van der Waals surface area contributed by atoms with Gasteiger partial charge in [-0.3, -0.25) is 4.79 Å². The molecule has 1 saturated carbocycles. The zero-order valence-corrected chi connectivity index (χ0v) is 10.3. The Balaban J connectivity index is 2.60. The Hall–Kier alpha value is -0.570. The quantitative estimate of drug-likeness (QED) is 0.672. The van der Waals surface area contributed by atoms with Crippen molar-refractivity contribution in [2.24, 2.45) is 5.92 Å². The van der Waals surface area contributed by atoms with Crippen molar-refractivity contribution in [3.63, 3.8) is 0 Å². The molecule has 88 valence electrons. The van der Waals surface area contributed by atoms with E-state index in [0.717, 1.165) is 18.8 Å². The van der Waals surface area contributed by atoms with Crippen LogP contribution in [0.4, 0.5) is 0 Å². The summed E-state index contributed by atoms with van der Waals surface area (Å²) in [6, 6.07) is 0.400. The molecule has 1 aliphatic carbocycles. The van der Waals surface area contributed by atoms with Crippen molar-refractivity contribution in [2.45, 2.75) is 51.7 Å². The van der Waals surface area contributed by atoms with Crippen molar-refractivity contribution in [3.8, 4) is 0 Å². The number of hydrogen-bond acceptors (Lipinski definition) is 3. The Kier molecular flexibility index (Phi) is 4.58. The fraction of sp³-hybridized carbons (Fsp3) is 0.917. The number of rotatable bonds is 3. The van der Waals surface area contributed by atoms with Gasteiger partial charge in [0.05, 0.1) is 0 Å². The number of likely N-dealkylation sites (N-methyl/N-ethyl adjacent to an activating group) is 1. The fourth-order valence-corrected chi connectivity index (χ4v) is 2.50. The van der Waals surface area contributed by atoms with Crippen molar-refractivity contribution in [1.29, 1.82) is 0 Å². The van der Waals surface area contributed by atoms with Gasteiger partial charge in [0.1, 0.15) is 6.10 Å². The SMILES string of the molecule is CCC1CC[C@@H](N(C)C)[C@H](OC(C)=O)C1. The molecule has 1 aliphatic rings. The number of nitrogens with zero attached hydrogens (tertiary/aromatic N) is 1. The van der Waals surface area contributed by atoms with Crippen LogP contribution in [0.1, 0.15) is 39.5 Å². The van der Waals surface area contributed by atoms with Gasteiger partial charge < -0.3 is 9.64 Å². The molecule has 3 nitrogen and oxygen atoms in total. The van der Waals surface area contributed by atoms with Gasteiger partial charge in [-0.1, -0.05) is 13.3 Å². The Morgan fingerprint density at radius 1 is 1.40 bits per heavy atom. The Bertz CT molecular complexity index is 216. The van der Waals surface area contributed by atoms with E-state index in [1.54, 1.807) is 0 Å². The van der Waals surface area contributed by atoms with E-state index in [2.05, 4.69) is 25.9 Å². The topological polar surface area (TPSA) is 29.5 Å². The van der Waals surface area contributed by atoms with Gasteiger partial charge in [0.15, 0.2) is 0 Å². The second-order valence-electron chi connectivity index (χ2n) is 4.77. The van der Waals surface area contributed by atoms with Crippen LogP contribution in [0, 0.1) is 5.92 Å². The Morgan fingerprint density at radius 2 is 2.07 bits per heavy atom. The molecule has 0 aromatic carbocycles. The number of carbonyl (C=O) groups excluding carboxylic acids is 1. The lowest BCUT2D eigenvalue weighted by atomic mass is 9.82. The zero-order chi connectivity index (χ0) is 11.4. The summed E-state index contributed by atoms with van der Waals surface area (Å²) in [5, 5.41) is 0. The first-order valence-corrected chi connectivity index (χ1v) is 5.88. The first-order chi connectivity index (χ1) is 7.04. The standard InChI is InChI=1S/C12H23NO2/c1-5-10-6-7-11(13(3)4)12(8-10)15-9(2)14/h10-12H,5-8H2,1-4H3/t10?,11-,12-/m1/s1. The molecule has 0 amide bonds. The third kappa shape index (κ3) is 3.49. The summed E-state index contributed by atoms with van der Waals surface area (Å²) in [6.45, 7) is 3.72. The molecule has 0 N–H and O–H groups in total. The third-order valence-electron chi connectivity index (χ3n) is 3.42. The number of esters is 1. The molecule has 0 aromatic rings. The number of carbonyl (C=O) groups is 1. The van der Waals surface area contributed by atoms with E-state index in [4.69, 9.17) is 4.74 Å². The molecule has 3 atom stereocenters. The predicted molar refractivity (Wildman–Crippen MR) is 60.7 cm³/mol. The molecule has 1 fully saturated rings. The normalized spacial score (nSPS) is 31.7. The molecule has 1 unspecified atom stereocenters. The molecular formula is C12H23NO2. The van der Waals surface area contributed by atoms with Gasteiger partial charge in [0.2, 0.25) is 0 Å². The summed E-state index contributed by atoms with van der Waals surface area (Å²) >= 11 is 0. The Morgan fingerprint density at radius 3 is 2.53 bits per heavy atom. The van der Waals surface area contributed by atoms with E-state index in [0.29, 0.717) is 6.04 Å². The van der Waals surface area contributed by atoms with Crippen molar-refractivity contribution < 1.29 is 9.53 Å². The zero-order valence-electron chi connectivity index (χ0n) is 10.3. The lowest BCUT2D eigenvalue weighted by Gasteiger charge is -2.38. The minimum Gasteiger partial charge on any atom is -0.461 e. The summed E-state index contributed by atoms with van der Waals surface area (Å²) in [7, 11) is 4.13. The second kappa shape index (κ2) is 5.50. The maximum Gasteiger partial charge on any atom is 0.302 e. The lowest BCUT2D eigenvalue weighted by molar-refractivity contribution is -0.152. The molecule has 15 heavy (non-hydrogen) atoms. The van der Waals surface area contributed by atoms with Crippen LogP contribution < -0.4 is 0 Å². The summed E-state index contributed by atoms with van der Waals surface area (Å²) in [5.41, 5.74) is 0. The molecule has 1 rings (SSSR count). The van der Waals surface area contributed by atoms with E-state index in [9.17, 15) is 4.79 Å². The van der Waals surface area contributed by atoms with Crippen molar-refractivity contribution in [2.75, 3.05) is 14.1 Å². The van der Waals surface area contributed by atoms with E-state index < -0.39 is 0 Å². The highest BCUT2D eigenvalue weighted by atomic mass is 16.5. The maximum atomic E-state index is 11.0. The van der Waals surface area contributed by atoms with Crippen LogP contribution in [0.25, 0.3) is 0 Å². The van der Waals surface area contributed by atoms with Crippen LogP contribution in [-0.2, 0) is 9.53 Å². The van der Waals surface area contributed by atoms with E-state index >= 15 is 0 Å². The molecule has 0 heterocycles. The molecule has 0 saturated heterocycles. The van der Waals surface area contributed by atoms with Crippen molar-refractivity contribution in [1.82, 2.24) is 4.90 Å². The molecular weight excluding hydrogens is 190 g/mol. The summed E-state index contributed by atoms with van der Waals surface area (Å²) in [6.07, 6.45) is 4.72. The lowest BCUT2D eigenvalue weighted by Crippen LogP contribution is -2.45. The first kappa shape index (κ1) is 12.5. The van der Waals surface area contributed by atoms with Gasteiger partial charge in [0, 0.05) is 13.0 Å². The number of ether oxygens (including phenoxy) is 1. The third-order valence-corrected chi connectivity index (χ3v) is 3.42. The van der Waals surface area contributed by atoms with Gasteiger partial charge >= 0.3 is 5.97 Å². The average Bonchev–Trinajstić information content (AvgIpc) is 2.16. The Labute approximate surface area is 92.8 Å². The van der Waals surface area contributed by atoms with Gasteiger partial charge in [0.25, 0.3) is 0 Å². The van der Waals surface area contributed by atoms with Gasteiger partial charge in [-0.2, -0.15) is 0 Å². The van der Waals surface area contributed by atoms with Crippen molar-refractivity contribution >= 4 is 5.97 Å². The second-order valence-corrected chi connectivity index (χ2v) is 4.77. The summed E-state index contributed by atoms with van der Waals surface area (Å²) in [4.78, 5) is 13.2. The van der Waals surface area contributed by atoms with Crippen LogP contribution in [0.3, 0.4) is 0 Å². The van der Waals surface area contributed by atoms with Crippen LogP contribution in [0.15, 0.2) is 0 Å². The molecule has 0 radical (unpaired) electrons. The van der Waals surface area contributed by atoms with Crippen LogP contribution in [-0.4, -0.2) is 37.1 Å². The largest absolute Gasteiger partial charge is 0.461 e. The number of hydrogen-bond donors (Lipinski definition) is 0. The van der Waals surface area contributed by atoms with Gasteiger partial charge in [-0.05, 0) is 39.3 Å². The highest BCUT2D eigenvalue weighted by molar-refractivity contribution is 5.66.